The molecule has 5 heteroatoms. The molecular formula is C12H19NO3S. The number of benzene rings is 1. The van der Waals surface area contributed by atoms with Crippen LogP contribution in [0.25, 0.3) is 0 Å². The predicted molar refractivity (Wildman–Crippen MR) is 67.6 cm³/mol. The lowest BCUT2D eigenvalue weighted by Gasteiger charge is -2.09. The Morgan fingerprint density at radius 3 is 2.53 bits per heavy atom. The molecule has 1 aromatic rings. The largest absolute Gasteiger partial charge is 0.497 e. The lowest BCUT2D eigenvalue weighted by atomic mass is 10.1. The minimum Gasteiger partial charge on any atom is -0.497 e. The van der Waals surface area contributed by atoms with Crippen LogP contribution in [0.4, 0.5) is 0 Å². The Bertz CT molecular complexity index is 469. The highest BCUT2D eigenvalue weighted by molar-refractivity contribution is 7.89. The first kappa shape index (κ1) is 14.0. The number of hydrogen-bond donors (Lipinski definition) is 1. The van der Waals surface area contributed by atoms with E-state index in [9.17, 15) is 8.42 Å². The molecule has 0 amide bonds. The third-order valence-electron chi connectivity index (χ3n) is 2.62. The van der Waals surface area contributed by atoms with E-state index in [1.165, 1.54) is 6.07 Å². The van der Waals surface area contributed by atoms with Gasteiger partial charge in [-0.3, -0.25) is 0 Å². The molecule has 0 aromatic heterocycles. The highest BCUT2D eigenvalue weighted by atomic mass is 32.2. The summed E-state index contributed by atoms with van der Waals surface area (Å²) in [7, 11) is -2.09. The van der Waals surface area contributed by atoms with Gasteiger partial charge in [0.25, 0.3) is 0 Å². The van der Waals surface area contributed by atoms with E-state index in [1.807, 2.05) is 0 Å². The molecular weight excluding hydrogens is 238 g/mol. The normalized spacial score (nSPS) is 11.5. The maximum atomic E-state index is 11.4. The quantitative estimate of drug-likeness (QED) is 0.793. The molecule has 0 spiro atoms. The second-order valence-corrected chi connectivity index (χ2v) is 5.51. The number of rotatable bonds is 6. The van der Waals surface area contributed by atoms with Gasteiger partial charge in [-0.25, -0.2) is 13.6 Å². The van der Waals surface area contributed by atoms with E-state index in [4.69, 9.17) is 9.88 Å². The van der Waals surface area contributed by atoms with Crippen molar-refractivity contribution in [2.24, 2.45) is 5.14 Å². The fourth-order valence-corrected chi connectivity index (χ4v) is 2.51. The number of primary sulfonamides is 1. The zero-order valence-electron chi connectivity index (χ0n) is 10.3. The van der Waals surface area contributed by atoms with Crippen molar-refractivity contribution < 1.29 is 13.2 Å². The fraction of sp³-hybridized carbons (Fsp3) is 0.500. The van der Waals surface area contributed by atoms with Crippen molar-refractivity contribution in [3.63, 3.8) is 0 Å². The van der Waals surface area contributed by atoms with E-state index < -0.39 is 10.0 Å². The van der Waals surface area contributed by atoms with E-state index in [2.05, 4.69) is 6.92 Å². The Hall–Kier alpha value is -1.07. The van der Waals surface area contributed by atoms with Gasteiger partial charge in [0.05, 0.1) is 12.0 Å². The Labute approximate surface area is 103 Å². The molecule has 0 aliphatic rings. The zero-order valence-corrected chi connectivity index (χ0v) is 11.1. The van der Waals surface area contributed by atoms with Gasteiger partial charge >= 0.3 is 0 Å². The van der Waals surface area contributed by atoms with Crippen LogP contribution in [0.1, 0.15) is 31.7 Å². The molecule has 0 bridgehead atoms. The topological polar surface area (TPSA) is 69.4 Å². The van der Waals surface area contributed by atoms with E-state index in [0.717, 1.165) is 24.8 Å². The van der Waals surface area contributed by atoms with Gasteiger partial charge in [0.15, 0.2) is 0 Å². The first-order valence-corrected chi connectivity index (χ1v) is 7.23. The summed E-state index contributed by atoms with van der Waals surface area (Å²) < 4.78 is 27.9. The Morgan fingerprint density at radius 2 is 2.00 bits per heavy atom. The number of hydrogen-bond acceptors (Lipinski definition) is 3. The number of sulfonamides is 1. The van der Waals surface area contributed by atoms with Crippen LogP contribution in [-0.2, 0) is 16.4 Å². The molecule has 0 aliphatic heterocycles. The third-order valence-corrected chi connectivity index (χ3v) is 3.64. The van der Waals surface area contributed by atoms with Gasteiger partial charge in [-0.15, -0.1) is 0 Å². The van der Waals surface area contributed by atoms with Gasteiger partial charge in [0.1, 0.15) is 5.75 Å². The van der Waals surface area contributed by atoms with Crippen molar-refractivity contribution in [1.82, 2.24) is 0 Å². The van der Waals surface area contributed by atoms with Gasteiger partial charge in [0, 0.05) is 0 Å². The Balaban J connectivity index is 3.04. The van der Waals surface area contributed by atoms with Crippen LogP contribution in [0, 0.1) is 0 Å². The molecule has 0 radical (unpaired) electrons. The number of aryl methyl sites for hydroxylation is 1. The molecule has 0 atom stereocenters. The minimum atomic E-state index is -3.65. The summed E-state index contributed by atoms with van der Waals surface area (Å²) in [6.45, 7) is 2.10. The van der Waals surface area contributed by atoms with Gasteiger partial charge in [-0.05, 0) is 36.6 Å². The van der Waals surface area contributed by atoms with E-state index in [1.54, 1.807) is 19.2 Å². The second-order valence-electron chi connectivity index (χ2n) is 3.98. The van der Waals surface area contributed by atoms with Crippen LogP contribution < -0.4 is 9.88 Å². The second kappa shape index (κ2) is 6.02. The standard InChI is InChI=1S/C12H19NO3S/c1-3-4-5-6-10-9-11(16-2)7-8-12(10)17(13,14)15/h7-9H,3-6H2,1-2H3,(H2,13,14,15). The molecule has 0 unspecified atom stereocenters. The van der Waals surface area contributed by atoms with Crippen LogP contribution in [-0.4, -0.2) is 15.5 Å². The molecule has 4 nitrogen and oxygen atoms in total. The predicted octanol–water partition coefficient (Wildman–Crippen LogP) is 2.08. The van der Waals surface area contributed by atoms with Crippen LogP contribution in [0.3, 0.4) is 0 Å². The average Bonchev–Trinajstić information content (AvgIpc) is 2.28. The molecule has 1 rings (SSSR count). The maximum Gasteiger partial charge on any atom is 0.238 e. The third kappa shape index (κ3) is 4.02. The summed E-state index contributed by atoms with van der Waals surface area (Å²) in [5, 5.41) is 5.18. The van der Waals surface area contributed by atoms with Gasteiger partial charge < -0.3 is 4.74 Å². The lowest BCUT2D eigenvalue weighted by Crippen LogP contribution is -2.14. The molecule has 0 heterocycles. The molecule has 2 N–H and O–H groups in total. The molecule has 0 saturated carbocycles. The Kier molecular flexibility index (Phi) is 4.96. The van der Waals surface area contributed by atoms with Crippen molar-refractivity contribution in [2.45, 2.75) is 37.5 Å². The molecule has 1 aromatic carbocycles. The summed E-state index contributed by atoms with van der Waals surface area (Å²) in [4.78, 5) is 0.203. The number of nitrogens with two attached hydrogens (primary N) is 1. The number of methoxy groups -OCH3 is 1. The summed E-state index contributed by atoms with van der Waals surface area (Å²) in [6.07, 6.45) is 3.82. The Morgan fingerprint density at radius 1 is 1.29 bits per heavy atom. The van der Waals surface area contributed by atoms with Gasteiger partial charge in [-0.2, -0.15) is 0 Å². The highest BCUT2D eigenvalue weighted by Gasteiger charge is 2.14. The average molecular weight is 257 g/mol. The van der Waals surface area contributed by atoms with E-state index in [0.29, 0.717) is 12.2 Å². The summed E-state index contributed by atoms with van der Waals surface area (Å²) in [5.74, 6) is 0.656. The first-order valence-electron chi connectivity index (χ1n) is 5.68. The number of ether oxygens (including phenoxy) is 1. The van der Waals surface area contributed by atoms with Crippen molar-refractivity contribution >= 4 is 10.0 Å². The zero-order chi connectivity index (χ0) is 12.9. The van der Waals surface area contributed by atoms with Gasteiger partial charge in [-0.1, -0.05) is 19.8 Å². The van der Waals surface area contributed by atoms with E-state index >= 15 is 0 Å². The highest BCUT2D eigenvalue weighted by Crippen LogP contribution is 2.22. The lowest BCUT2D eigenvalue weighted by molar-refractivity contribution is 0.413. The molecule has 17 heavy (non-hydrogen) atoms. The van der Waals surface area contributed by atoms with Crippen molar-refractivity contribution in [3.8, 4) is 5.75 Å². The minimum absolute atomic E-state index is 0.203. The van der Waals surface area contributed by atoms with Crippen LogP contribution in [0.5, 0.6) is 5.75 Å². The molecule has 96 valence electrons. The summed E-state index contributed by atoms with van der Waals surface area (Å²) in [5.41, 5.74) is 0.736. The summed E-state index contributed by atoms with van der Waals surface area (Å²) in [6, 6.07) is 4.87. The molecule has 0 saturated heterocycles. The fourth-order valence-electron chi connectivity index (χ4n) is 1.72. The van der Waals surface area contributed by atoms with Gasteiger partial charge in [0.2, 0.25) is 10.0 Å². The van der Waals surface area contributed by atoms with E-state index in [-0.39, 0.29) is 4.90 Å². The van der Waals surface area contributed by atoms with Crippen molar-refractivity contribution in [3.05, 3.63) is 23.8 Å². The number of unbranched alkanes of at least 4 members (excludes halogenated alkanes) is 2. The maximum absolute atomic E-state index is 11.4. The smallest absolute Gasteiger partial charge is 0.238 e. The van der Waals surface area contributed by atoms with Crippen LogP contribution in [0.2, 0.25) is 0 Å². The molecule has 0 aliphatic carbocycles. The van der Waals surface area contributed by atoms with Crippen LogP contribution >= 0.6 is 0 Å². The monoisotopic (exact) mass is 257 g/mol. The van der Waals surface area contributed by atoms with Crippen LogP contribution in [0.15, 0.2) is 23.1 Å². The van der Waals surface area contributed by atoms with Crippen molar-refractivity contribution in [2.75, 3.05) is 7.11 Å². The first-order chi connectivity index (χ1) is 7.99. The molecule has 0 fully saturated rings. The summed E-state index contributed by atoms with van der Waals surface area (Å²) >= 11 is 0. The SMILES string of the molecule is CCCCCc1cc(OC)ccc1S(N)(=O)=O. The van der Waals surface area contributed by atoms with Crippen molar-refractivity contribution in [1.29, 1.82) is 0 Å².